The summed E-state index contributed by atoms with van der Waals surface area (Å²) in [6.07, 6.45) is 0.0379. The van der Waals surface area contributed by atoms with E-state index in [1.807, 2.05) is 0 Å². The molecule has 14 heavy (non-hydrogen) atoms. The van der Waals surface area contributed by atoms with Gasteiger partial charge in [0.1, 0.15) is 0 Å². The molecule has 1 atom stereocenters. The summed E-state index contributed by atoms with van der Waals surface area (Å²) in [6, 6.07) is 4.26. The van der Waals surface area contributed by atoms with Crippen LogP contribution >= 0.6 is 0 Å². The average molecular weight is 199 g/mol. The number of anilines is 1. The number of aliphatic hydroxyl groups is 1. The fourth-order valence-corrected chi connectivity index (χ4v) is 0.974. The van der Waals surface area contributed by atoms with E-state index in [0.29, 0.717) is 18.7 Å². The van der Waals surface area contributed by atoms with Crippen molar-refractivity contribution in [3.63, 3.8) is 0 Å². The van der Waals surface area contributed by atoms with Gasteiger partial charge in [-0.3, -0.25) is 0 Å². The Labute approximate surface area is 82.3 Å². The second-order valence-corrected chi connectivity index (χ2v) is 3.18. The molecule has 0 saturated heterocycles. The fraction of sp³-hybridized carbons (Fsp3) is 0.400. The maximum Gasteiger partial charge on any atom is 0.167 e. The van der Waals surface area contributed by atoms with Crippen LogP contribution in [0.5, 0.6) is 5.75 Å². The van der Waals surface area contributed by atoms with E-state index >= 15 is 0 Å². The van der Waals surface area contributed by atoms with Gasteiger partial charge in [0.05, 0.1) is 12.7 Å². The summed E-state index contributed by atoms with van der Waals surface area (Å²) in [5.74, 6) is -0.310. The fourth-order valence-electron chi connectivity index (χ4n) is 0.974. The number of hydrogen-bond acceptors (Lipinski definition) is 3. The van der Waals surface area contributed by atoms with E-state index in [1.54, 1.807) is 13.0 Å². The number of ether oxygens (including phenoxy) is 1. The van der Waals surface area contributed by atoms with E-state index in [0.717, 1.165) is 0 Å². The number of nitrogen functional groups attached to an aromatic ring is 1. The number of benzene rings is 1. The van der Waals surface area contributed by atoms with Crippen molar-refractivity contribution in [1.29, 1.82) is 0 Å². The zero-order valence-corrected chi connectivity index (χ0v) is 8.03. The molecular weight excluding hydrogens is 185 g/mol. The summed E-state index contributed by atoms with van der Waals surface area (Å²) >= 11 is 0. The number of halogens is 1. The zero-order valence-electron chi connectivity index (χ0n) is 8.03. The van der Waals surface area contributed by atoms with Gasteiger partial charge in [0.2, 0.25) is 0 Å². The first kappa shape index (κ1) is 10.8. The number of rotatable bonds is 4. The van der Waals surface area contributed by atoms with Gasteiger partial charge in [0.25, 0.3) is 0 Å². The van der Waals surface area contributed by atoms with Crippen LogP contribution in [0.3, 0.4) is 0 Å². The Kier molecular flexibility index (Phi) is 3.71. The van der Waals surface area contributed by atoms with E-state index in [1.165, 1.54) is 12.1 Å². The molecule has 3 N–H and O–H groups in total. The van der Waals surface area contributed by atoms with Crippen LogP contribution in [-0.4, -0.2) is 17.8 Å². The predicted octanol–water partition coefficient (Wildman–Crippen LogP) is 1.56. The smallest absolute Gasteiger partial charge is 0.167 e. The van der Waals surface area contributed by atoms with E-state index in [2.05, 4.69) is 0 Å². The molecule has 0 heterocycles. The van der Waals surface area contributed by atoms with Crippen molar-refractivity contribution in [2.24, 2.45) is 0 Å². The van der Waals surface area contributed by atoms with E-state index in [4.69, 9.17) is 15.6 Å². The van der Waals surface area contributed by atoms with Crippen LogP contribution in [0.25, 0.3) is 0 Å². The Morgan fingerprint density at radius 2 is 2.29 bits per heavy atom. The molecule has 0 spiro atoms. The summed E-state index contributed by atoms with van der Waals surface area (Å²) in [4.78, 5) is 0. The third-order valence-corrected chi connectivity index (χ3v) is 1.75. The molecule has 1 rings (SSSR count). The molecule has 0 radical (unpaired) electrons. The first-order valence-electron chi connectivity index (χ1n) is 4.45. The monoisotopic (exact) mass is 199 g/mol. The lowest BCUT2D eigenvalue weighted by Crippen LogP contribution is -2.08. The predicted molar refractivity (Wildman–Crippen MR) is 52.6 cm³/mol. The molecule has 0 bridgehead atoms. The molecule has 4 heteroatoms. The maximum atomic E-state index is 13.1. The van der Waals surface area contributed by atoms with Crippen molar-refractivity contribution in [3.8, 4) is 5.75 Å². The lowest BCUT2D eigenvalue weighted by molar-refractivity contribution is 0.154. The van der Waals surface area contributed by atoms with Crippen LogP contribution in [0.4, 0.5) is 10.1 Å². The van der Waals surface area contributed by atoms with Gasteiger partial charge in [-0.05, 0) is 19.1 Å². The largest absolute Gasteiger partial charge is 0.490 e. The molecule has 3 nitrogen and oxygen atoms in total. The lowest BCUT2D eigenvalue weighted by Gasteiger charge is -2.08. The van der Waals surface area contributed by atoms with Crippen molar-refractivity contribution in [2.45, 2.75) is 19.4 Å². The lowest BCUT2D eigenvalue weighted by atomic mass is 10.3. The summed E-state index contributed by atoms with van der Waals surface area (Å²) < 4.78 is 18.2. The normalized spacial score (nSPS) is 12.5. The quantitative estimate of drug-likeness (QED) is 0.723. The molecule has 0 aliphatic rings. The molecule has 0 aliphatic carbocycles. The van der Waals surface area contributed by atoms with E-state index in [-0.39, 0.29) is 5.75 Å². The molecule has 78 valence electrons. The van der Waals surface area contributed by atoms with Crippen molar-refractivity contribution >= 4 is 5.69 Å². The summed E-state index contributed by atoms with van der Waals surface area (Å²) in [5.41, 5.74) is 5.73. The van der Waals surface area contributed by atoms with Crippen molar-refractivity contribution in [2.75, 3.05) is 12.3 Å². The van der Waals surface area contributed by atoms with Crippen LogP contribution in [0, 0.1) is 5.82 Å². The van der Waals surface area contributed by atoms with E-state index < -0.39 is 11.9 Å². The molecule has 0 aromatic heterocycles. The van der Waals surface area contributed by atoms with Gasteiger partial charge in [0.15, 0.2) is 11.6 Å². The summed E-state index contributed by atoms with van der Waals surface area (Å²) in [6.45, 7) is 1.95. The maximum absolute atomic E-state index is 13.1. The average Bonchev–Trinajstić information content (AvgIpc) is 2.08. The van der Waals surface area contributed by atoms with Crippen LogP contribution in [0.15, 0.2) is 18.2 Å². The van der Waals surface area contributed by atoms with E-state index in [9.17, 15) is 4.39 Å². The molecule has 0 saturated carbocycles. The van der Waals surface area contributed by atoms with Gasteiger partial charge in [0, 0.05) is 18.2 Å². The van der Waals surface area contributed by atoms with Crippen LogP contribution in [0.2, 0.25) is 0 Å². The highest BCUT2D eigenvalue weighted by atomic mass is 19.1. The Bertz CT molecular complexity index is 302. The topological polar surface area (TPSA) is 55.5 Å². The minimum absolute atomic E-state index is 0.167. The molecule has 0 fully saturated rings. The summed E-state index contributed by atoms with van der Waals surface area (Å²) in [5, 5.41) is 8.95. The Hall–Kier alpha value is -1.29. The first-order valence-corrected chi connectivity index (χ1v) is 4.45. The van der Waals surface area contributed by atoms with Crippen LogP contribution in [-0.2, 0) is 0 Å². The van der Waals surface area contributed by atoms with Crippen molar-refractivity contribution in [1.82, 2.24) is 0 Å². The second kappa shape index (κ2) is 4.81. The third kappa shape index (κ3) is 3.22. The third-order valence-electron chi connectivity index (χ3n) is 1.75. The SMILES string of the molecule is CC(O)CCOc1ccc(N)cc1F. The first-order chi connectivity index (χ1) is 6.59. The number of hydrogen-bond donors (Lipinski definition) is 2. The standard InChI is InChI=1S/C10H14FNO2/c1-7(13)4-5-14-10-3-2-8(12)6-9(10)11/h2-3,6-7,13H,4-5,12H2,1H3. The van der Waals surface area contributed by atoms with Gasteiger partial charge in [-0.15, -0.1) is 0 Å². The van der Waals surface area contributed by atoms with Gasteiger partial charge < -0.3 is 15.6 Å². The highest BCUT2D eigenvalue weighted by molar-refractivity contribution is 5.42. The Morgan fingerprint density at radius 3 is 2.86 bits per heavy atom. The van der Waals surface area contributed by atoms with Gasteiger partial charge in [-0.1, -0.05) is 0 Å². The Morgan fingerprint density at radius 1 is 1.57 bits per heavy atom. The van der Waals surface area contributed by atoms with Crippen LogP contribution in [0.1, 0.15) is 13.3 Å². The highest BCUT2D eigenvalue weighted by Gasteiger charge is 2.03. The molecule has 1 aromatic carbocycles. The minimum atomic E-state index is -0.476. The number of nitrogens with two attached hydrogens (primary N) is 1. The molecule has 0 aliphatic heterocycles. The highest BCUT2D eigenvalue weighted by Crippen LogP contribution is 2.19. The minimum Gasteiger partial charge on any atom is -0.490 e. The summed E-state index contributed by atoms with van der Waals surface area (Å²) in [7, 11) is 0. The van der Waals surface area contributed by atoms with Crippen LogP contribution < -0.4 is 10.5 Å². The van der Waals surface area contributed by atoms with Gasteiger partial charge in [-0.2, -0.15) is 0 Å². The Balaban J connectivity index is 2.51. The van der Waals surface area contributed by atoms with Gasteiger partial charge in [-0.25, -0.2) is 4.39 Å². The molecule has 1 aromatic rings. The molecule has 1 unspecified atom stereocenters. The molecule has 0 amide bonds. The van der Waals surface area contributed by atoms with Crippen molar-refractivity contribution < 1.29 is 14.2 Å². The number of aliphatic hydroxyl groups excluding tert-OH is 1. The van der Waals surface area contributed by atoms with Crippen molar-refractivity contribution in [3.05, 3.63) is 24.0 Å². The molecular formula is C10H14FNO2. The second-order valence-electron chi connectivity index (χ2n) is 3.18. The van der Waals surface area contributed by atoms with Gasteiger partial charge >= 0.3 is 0 Å². The zero-order chi connectivity index (χ0) is 10.6.